The van der Waals surface area contributed by atoms with Crippen molar-refractivity contribution in [2.75, 3.05) is 23.3 Å². The monoisotopic (exact) mass is 380 g/mol. The number of fused-ring (bicyclic) bond motifs is 1. The van der Waals surface area contributed by atoms with Crippen LogP contribution in [0.15, 0.2) is 48.8 Å². The number of nitrogens with one attached hydrogen (secondary N) is 1. The van der Waals surface area contributed by atoms with Gasteiger partial charge in [-0.25, -0.2) is 14.4 Å². The minimum absolute atomic E-state index is 0.0312. The summed E-state index contributed by atoms with van der Waals surface area (Å²) in [6, 6.07) is 12.5. The maximum Gasteiger partial charge on any atom is 0.229 e. The fourth-order valence-electron chi connectivity index (χ4n) is 3.11. The Morgan fingerprint density at radius 2 is 1.89 bits per heavy atom. The van der Waals surface area contributed by atoms with E-state index >= 15 is 0 Å². The molecule has 1 aromatic heterocycles. The topological polar surface area (TPSA) is 58.1 Å². The van der Waals surface area contributed by atoms with Crippen LogP contribution in [0.2, 0.25) is 0 Å². The van der Waals surface area contributed by atoms with Crippen LogP contribution in [-0.4, -0.2) is 29.0 Å². The summed E-state index contributed by atoms with van der Waals surface area (Å²) in [5.41, 5.74) is 2.77. The van der Waals surface area contributed by atoms with Crippen LogP contribution in [0.1, 0.15) is 26.3 Å². The smallest absolute Gasteiger partial charge is 0.229 e. The van der Waals surface area contributed by atoms with Crippen molar-refractivity contribution in [3.8, 4) is 0 Å². The van der Waals surface area contributed by atoms with Crippen LogP contribution >= 0.6 is 0 Å². The van der Waals surface area contributed by atoms with Crippen LogP contribution in [0, 0.1) is 11.7 Å². The van der Waals surface area contributed by atoms with Crippen LogP contribution < -0.4 is 10.2 Å². The van der Waals surface area contributed by atoms with Gasteiger partial charge in [-0.15, -0.1) is 0 Å². The predicted octanol–water partition coefficient (Wildman–Crippen LogP) is 4.43. The summed E-state index contributed by atoms with van der Waals surface area (Å²) >= 11 is 0. The molecule has 5 nitrogen and oxygen atoms in total. The Morgan fingerprint density at radius 3 is 2.57 bits per heavy atom. The highest BCUT2D eigenvalue weighted by Crippen LogP contribution is 2.21. The molecule has 1 amide bonds. The van der Waals surface area contributed by atoms with Crippen molar-refractivity contribution in [2.24, 2.45) is 5.92 Å². The Kier molecular flexibility index (Phi) is 6.19. The summed E-state index contributed by atoms with van der Waals surface area (Å²) in [5, 5.41) is 3.93. The van der Waals surface area contributed by atoms with E-state index in [0.717, 1.165) is 17.7 Å². The lowest BCUT2D eigenvalue weighted by Gasteiger charge is -2.23. The molecule has 0 saturated heterocycles. The number of anilines is 2. The number of benzene rings is 2. The first-order valence-electron chi connectivity index (χ1n) is 9.54. The molecule has 0 aliphatic carbocycles. The summed E-state index contributed by atoms with van der Waals surface area (Å²) in [7, 11) is 0. The van der Waals surface area contributed by atoms with Crippen LogP contribution in [0.5, 0.6) is 0 Å². The summed E-state index contributed by atoms with van der Waals surface area (Å²) in [6.45, 7) is 7.11. The van der Waals surface area contributed by atoms with Gasteiger partial charge in [-0.3, -0.25) is 4.79 Å². The molecule has 0 spiro atoms. The van der Waals surface area contributed by atoms with Crippen molar-refractivity contribution in [3.05, 3.63) is 60.2 Å². The number of carbonyl (C=O) groups excluding carboxylic acids is 1. The standard InChI is InChI=1S/C22H25FN4O/c1-4-27(22(28)15(2)3)18-8-5-16(6-9-18)11-12-24-21-19-13-17(23)7-10-20(19)25-14-26-21/h5-10,13-15H,4,11-12H2,1-3H3,(H,24,25,26). The number of carbonyl (C=O) groups is 1. The van der Waals surface area contributed by atoms with Crippen molar-refractivity contribution in [1.29, 1.82) is 0 Å². The molecule has 146 valence electrons. The lowest BCUT2D eigenvalue weighted by Crippen LogP contribution is -2.33. The number of aromatic nitrogens is 2. The van der Waals surface area contributed by atoms with Gasteiger partial charge in [0.1, 0.15) is 18.0 Å². The Bertz CT molecular complexity index is 956. The molecule has 0 fully saturated rings. The van der Waals surface area contributed by atoms with Crippen molar-refractivity contribution in [1.82, 2.24) is 9.97 Å². The van der Waals surface area contributed by atoms with Crippen LogP contribution in [-0.2, 0) is 11.2 Å². The molecule has 28 heavy (non-hydrogen) atoms. The number of amides is 1. The fraction of sp³-hybridized carbons (Fsp3) is 0.318. The minimum atomic E-state index is -0.308. The van der Waals surface area contributed by atoms with Gasteiger partial charge in [0.25, 0.3) is 0 Å². The van der Waals surface area contributed by atoms with Gasteiger partial charge in [-0.1, -0.05) is 26.0 Å². The third kappa shape index (κ3) is 4.44. The van der Waals surface area contributed by atoms with Gasteiger partial charge in [-0.2, -0.15) is 0 Å². The molecule has 2 aromatic carbocycles. The van der Waals surface area contributed by atoms with Crippen molar-refractivity contribution >= 4 is 28.3 Å². The van der Waals surface area contributed by atoms with Crippen LogP contribution in [0.25, 0.3) is 10.9 Å². The molecule has 0 unspecified atom stereocenters. The molecule has 3 aromatic rings. The zero-order chi connectivity index (χ0) is 20.1. The molecule has 1 heterocycles. The molecule has 0 radical (unpaired) electrons. The predicted molar refractivity (Wildman–Crippen MR) is 111 cm³/mol. The third-order valence-corrected chi connectivity index (χ3v) is 4.63. The number of hydrogen-bond donors (Lipinski definition) is 1. The second kappa shape index (κ2) is 8.78. The second-order valence-electron chi connectivity index (χ2n) is 6.96. The van der Waals surface area contributed by atoms with Crippen molar-refractivity contribution in [3.63, 3.8) is 0 Å². The lowest BCUT2D eigenvalue weighted by atomic mass is 10.1. The first-order chi connectivity index (χ1) is 13.5. The van der Waals surface area contributed by atoms with Gasteiger partial charge in [0.2, 0.25) is 5.91 Å². The molecule has 0 saturated carbocycles. The van der Waals surface area contributed by atoms with Gasteiger partial charge in [0.05, 0.1) is 5.52 Å². The van der Waals surface area contributed by atoms with E-state index < -0.39 is 0 Å². The normalized spacial score (nSPS) is 11.0. The third-order valence-electron chi connectivity index (χ3n) is 4.63. The first-order valence-corrected chi connectivity index (χ1v) is 9.54. The van der Waals surface area contributed by atoms with Crippen molar-refractivity contribution < 1.29 is 9.18 Å². The average molecular weight is 380 g/mol. The molecule has 1 N–H and O–H groups in total. The van der Waals surface area contributed by atoms with Crippen LogP contribution in [0.4, 0.5) is 15.9 Å². The highest BCUT2D eigenvalue weighted by atomic mass is 19.1. The van der Waals surface area contributed by atoms with E-state index in [4.69, 9.17) is 0 Å². The molecule has 0 bridgehead atoms. The molecule has 0 aliphatic heterocycles. The van der Waals surface area contributed by atoms with E-state index in [0.29, 0.717) is 29.8 Å². The summed E-state index contributed by atoms with van der Waals surface area (Å²) in [5.74, 6) is 0.411. The van der Waals surface area contributed by atoms with Crippen molar-refractivity contribution in [2.45, 2.75) is 27.2 Å². The molecule has 3 rings (SSSR count). The van der Waals surface area contributed by atoms with Gasteiger partial charge < -0.3 is 10.2 Å². The number of rotatable bonds is 7. The summed E-state index contributed by atoms with van der Waals surface area (Å²) in [6.07, 6.45) is 2.26. The van der Waals surface area contributed by atoms with Gasteiger partial charge in [0, 0.05) is 30.1 Å². The number of halogens is 1. The molecular weight excluding hydrogens is 355 g/mol. The zero-order valence-electron chi connectivity index (χ0n) is 16.4. The maximum atomic E-state index is 13.5. The number of nitrogens with zero attached hydrogens (tertiary/aromatic N) is 3. The van der Waals surface area contributed by atoms with E-state index in [-0.39, 0.29) is 17.6 Å². The highest BCUT2D eigenvalue weighted by molar-refractivity contribution is 5.94. The summed E-state index contributed by atoms with van der Waals surface area (Å²) in [4.78, 5) is 22.5. The molecular formula is C22H25FN4O. The van der Waals surface area contributed by atoms with E-state index in [1.807, 2.05) is 45.0 Å². The minimum Gasteiger partial charge on any atom is -0.369 e. The Balaban J connectivity index is 1.64. The zero-order valence-corrected chi connectivity index (χ0v) is 16.4. The number of hydrogen-bond acceptors (Lipinski definition) is 4. The van der Waals surface area contributed by atoms with E-state index in [2.05, 4.69) is 15.3 Å². The Morgan fingerprint density at radius 1 is 1.14 bits per heavy atom. The molecule has 0 aliphatic rings. The van der Waals surface area contributed by atoms with E-state index in [1.165, 1.54) is 18.5 Å². The Hall–Kier alpha value is -3.02. The first kappa shape index (κ1) is 19.7. The average Bonchev–Trinajstić information content (AvgIpc) is 2.70. The van der Waals surface area contributed by atoms with Gasteiger partial charge in [-0.05, 0) is 49.2 Å². The SMILES string of the molecule is CCN(C(=O)C(C)C)c1ccc(CCNc2ncnc3ccc(F)cc23)cc1. The quantitative estimate of drug-likeness (QED) is 0.659. The van der Waals surface area contributed by atoms with Crippen LogP contribution in [0.3, 0.4) is 0 Å². The van der Waals surface area contributed by atoms with E-state index in [1.54, 1.807) is 11.0 Å². The van der Waals surface area contributed by atoms with Gasteiger partial charge in [0.15, 0.2) is 0 Å². The second-order valence-corrected chi connectivity index (χ2v) is 6.96. The maximum absolute atomic E-state index is 13.5. The largest absolute Gasteiger partial charge is 0.369 e. The highest BCUT2D eigenvalue weighted by Gasteiger charge is 2.16. The fourth-order valence-corrected chi connectivity index (χ4v) is 3.11. The van der Waals surface area contributed by atoms with E-state index in [9.17, 15) is 9.18 Å². The Labute approximate surface area is 164 Å². The lowest BCUT2D eigenvalue weighted by molar-refractivity contribution is -0.121. The summed E-state index contributed by atoms with van der Waals surface area (Å²) < 4.78 is 13.5. The molecule has 0 atom stereocenters. The molecule has 6 heteroatoms. The van der Waals surface area contributed by atoms with Gasteiger partial charge >= 0.3 is 0 Å².